The van der Waals surface area contributed by atoms with E-state index in [4.69, 9.17) is 0 Å². The third-order valence-electron chi connectivity index (χ3n) is 3.32. The molecule has 0 spiro atoms. The molecule has 0 amide bonds. The summed E-state index contributed by atoms with van der Waals surface area (Å²) in [5.41, 5.74) is 4.17. The maximum Gasteiger partial charge on any atom is 0.269 e. The molecule has 0 bridgehead atoms. The van der Waals surface area contributed by atoms with Crippen LogP contribution in [0.4, 0.5) is 0 Å². The SMILES string of the molecule is Cc1cc(C)n2nc(S(=O)(=O)CCc3scnc3C)nc2n1. The highest BCUT2D eigenvalue weighted by Gasteiger charge is 2.22. The summed E-state index contributed by atoms with van der Waals surface area (Å²) in [7, 11) is -3.55. The summed E-state index contributed by atoms with van der Waals surface area (Å²) in [6.07, 6.45) is 0.416. The van der Waals surface area contributed by atoms with Crippen molar-refractivity contribution < 1.29 is 8.42 Å². The molecule has 0 aromatic carbocycles. The molecule has 116 valence electrons. The third-order valence-corrected chi connectivity index (χ3v) is 5.79. The molecule has 0 fully saturated rings. The van der Waals surface area contributed by atoms with E-state index < -0.39 is 9.84 Å². The lowest BCUT2D eigenvalue weighted by molar-refractivity contribution is 0.586. The number of rotatable bonds is 4. The average molecular weight is 337 g/mol. The van der Waals surface area contributed by atoms with E-state index in [9.17, 15) is 8.42 Å². The standard InChI is InChI=1S/C13H15N5O2S2/c1-8-6-9(2)18-12(15-8)16-13(17-18)22(19,20)5-4-11-10(3)14-7-21-11/h6-7H,4-5H2,1-3H3. The van der Waals surface area contributed by atoms with Crippen molar-refractivity contribution in [2.75, 3.05) is 5.75 Å². The van der Waals surface area contributed by atoms with Crippen molar-refractivity contribution in [2.45, 2.75) is 32.3 Å². The topological polar surface area (TPSA) is 90.1 Å². The summed E-state index contributed by atoms with van der Waals surface area (Å²) in [4.78, 5) is 13.4. The summed E-state index contributed by atoms with van der Waals surface area (Å²) in [6, 6.07) is 1.83. The van der Waals surface area contributed by atoms with Crippen LogP contribution in [-0.2, 0) is 16.3 Å². The van der Waals surface area contributed by atoms with Gasteiger partial charge < -0.3 is 0 Å². The van der Waals surface area contributed by atoms with Gasteiger partial charge in [0.2, 0.25) is 9.84 Å². The molecule has 0 atom stereocenters. The summed E-state index contributed by atoms with van der Waals surface area (Å²) in [5, 5.41) is 3.92. The molecule has 7 nitrogen and oxygen atoms in total. The Morgan fingerprint density at radius 1 is 1.23 bits per heavy atom. The van der Waals surface area contributed by atoms with Crippen LogP contribution in [0.25, 0.3) is 5.78 Å². The fraction of sp³-hybridized carbons (Fsp3) is 0.385. The Balaban J connectivity index is 1.92. The van der Waals surface area contributed by atoms with Gasteiger partial charge in [0.15, 0.2) is 0 Å². The smallest absolute Gasteiger partial charge is 0.250 e. The van der Waals surface area contributed by atoms with Gasteiger partial charge in [-0.15, -0.1) is 16.4 Å². The molecule has 0 N–H and O–H groups in total. The molecule has 0 saturated carbocycles. The van der Waals surface area contributed by atoms with E-state index in [1.165, 1.54) is 15.9 Å². The quantitative estimate of drug-likeness (QED) is 0.717. The summed E-state index contributed by atoms with van der Waals surface area (Å²) < 4.78 is 26.3. The molecule has 0 aliphatic heterocycles. The first-order valence-electron chi connectivity index (χ1n) is 6.69. The molecule has 0 radical (unpaired) electrons. The second kappa shape index (κ2) is 5.40. The van der Waals surface area contributed by atoms with E-state index in [-0.39, 0.29) is 10.9 Å². The van der Waals surface area contributed by atoms with Crippen molar-refractivity contribution in [3.05, 3.63) is 33.5 Å². The van der Waals surface area contributed by atoms with Crippen LogP contribution in [0.15, 0.2) is 16.7 Å². The van der Waals surface area contributed by atoms with Crippen LogP contribution in [0.3, 0.4) is 0 Å². The number of fused-ring (bicyclic) bond motifs is 1. The highest BCUT2D eigenvalue weighted by Crippen LogP contribution is 2.16. The Morgan fingerprint density at radius 3 is 2.68 bits per heavy atom. The van der Waals surface area contributed by atoms with E-state index in [1.807, 2.05) is 26.8 Å². The highest BCUT2D eigenvalue weighted by molar-refractivity contribution is 7.91. The summed E-state index contributed by atoms with van der Waals surface area (Å²) >= 11 is 1.46. The Hall–Kier alpha value is -1.87. The molecule has 0 unspecified atom stereocenters. The van der Waals surface area contributed by atoms with Crippen LogP contribution in [-0.4, -0.2) is 38.7 Å². The minimum absolute atomic E-state index is 0.0368. The van der Waals surface area contributed by atoms with E-state index in [0.29, 0.717) is 12.2 Å². The van der Waals surface area contributed by atoms with Gasteiger partial charge >= 0.3 is 0 Å². The molecule has 3 aromatic heterocycles. The van der Waals surface area contributed by atoms with Crippen molar-refractivity contribution in [3.63, 3.8) is 0 Å². The zero-order chi connectivity index (χ0) is 15.9. The number of hydrogen-bond acceptors (Lipinski definition) is 7. The lowest BCUT2D eigenvalue weighted by atomic mass is 10.3. The van der Waals surface area contributed by atoms with Crippen LogP contribution < -0.4 is 0 Å². The first-order valence-corrected chi connectivity index (χ1v) is 9.23. The predicted molar refractivity (Wildman–Crippen MR) is 82.9 cm³/mol. The molecule has 3 rings (SSSR count). The lowest BCUT2D eigenvalue weighted by Crippen LogP contribution is -2.11. The maximum absolute atomic E-state index is 12.4. The first kappa shape index (κ1) is 15.0. The van der Waals surface area contributed by atoms with Crippen molar-refractivity contribution in [3.8, 4) is 0 Å². The second-order valence-electron chi connectivity index (χ2n) is 5.07. The molecular formula is C13H15N5O2S2. The van der Waals surface area contributed by atoms with Crippen molar-refractivity contribution in [1.29, 1.82) is 0 Å². The molecule has 0 aliphatic carbocycles. The van der Waals surface area contributed by atoms with E-state index in [2.05, 4.69) is 20.1 Å². The van der Waals surface area contributed by atoms with Crippen LogP contribution in [0, 0.1) is 20.8 Å². The van der Waals surface area contributed by atoms with Gasteiger partial charge in [-0.05, 0) is 33.3 Å². The predicted octanol–water partition coefficient (Wildman–Crippen LogP) is 1.52. The summed E-state index contributed by atoms with van der Waals surface area (Å²) in [5.74, 6) is 0.273. The molecule has 9 heteroatoms. The van der Waals surface area contributed by atoms with Gasteiger partial charge in [0.1, 0.15) is 0 Å². The number of aryl methyl sites for hydroxylation is 4. The highest BCUT2D eigenvalue weighted by atomic mass is 32.2. The Morgan fingerprint density at radius 2 is 2.00 bits per heavy atom. The van der Waals surface area contributed by atoms with Gasteiger partial charge in [0.05, 0.1) is 17.0 Å². The van der Waals surface area contributed by atoms with Gasteiger partial charge in [0, 0.05) is 16.3 Å². The number of thiazole rings is 1. The minimum Gasteiger partial charge on any atom is -0.250 e. The monoisotopic (exact) mass is 337 g/mol. The zero-order valence-electron chi connectivity index (χ0n) is 12.4. The molecule has 0 aliphatic rings. The molecule has 3 heterocycles. The lowest BCUT2D eigenvalue weighted by Gasteiger charge is -1.99. The largest absolute Gasteiger partial charge is 0.269 e. The van der Waals surface area contributed by atoms with Gasteiger partial charge in [-0.25, -0.2) is 22.9 Å². The Bertz CT molecular complexity index is 943. The second-order valence-corrected chi connectivity index (χ2v) is 8.02. The minimum atomic E-state index is -3.55. The van der Waals surface area contributed by atoms with Gasteiger partial charge in [-0.3, -0.25) is 0 Å². The van der Waals surface area contributed by atoms with Crippen LogP contribution in [0.1, 0.15) is 22.0 Å². The number of nitrogens with zero attached hydrogens (tertiary/aromatic N) is 5. The zero-order valence-corrected chi connectivity index (χ0v) is 14.1. The Labute approximate surface area is 132 Å². The van der Waals surface area contributed by atoms with Crippen LogP contribution >= 0.6 is 11.3 Å². The maximum atomic E-state index is 12.4. The number of aromatic nitrogens is 5. The van der Waals surface area contributed by atoms with Gasteiger partial charge in [-0.1, -0.05) is 0 Å². The first-order chi connectivity index (χ1) is 10.4. The van der Waals surface area contributed by atoms with Gasteiger partial charge in [0.25, 0.3) is 10.9 Å². The molecular weight excluding hydrogens is 322 g/mol. The van der Waals surface area contributed by atoms with E-state index >= 15 is 0 Å². The molecule has 3 aromatic rings. The van der Waals surface area contributed by atoms with E-state index in [1.54, 1.807) is 5.51 Å². The normalized spacial score (nSPS) is 12.1. The van der Waals surface area contributed by atoms with Crippen LogP contribution in [0.2, 0.25) is 0 Å². The number of hydrogen-bond donors (Lipinski definition) is 0. The van der Waals surface area contributed by atoms with Crippen molar-refractivity contribution >= 4 is 27.0 Å². The molecule has 22 heavy (non-hydrogen) atoms. The van der Waals surface area contributed by atoms with Crippen molar-refractivity contribution in [2.24, 2.45) is 0 Å². The molecule has 0 saturated heterocycles. The fourth-order valence-electron chi connectivity index (χ4n) is 2.16. The fourth-order valence-corrected chi connectivity index (χ4v) is 4.16. The Kier molecular flexibility index (Phi) is 3.69. The number of sulfone groups is 1. The van der Waals surface area contributed by atoms with Crippen molar-refractivity contribution in [1.82, 2.24) is 24.6 Å². The van der Waals surface area contributed by atoms with E-state index in [0.717, 1.165) is 22.0 Å². The third kappa shape index (κ3) is 2.73. The van der Waals surface area contributed by atoms with Crippen LogP contribution in [0.5, 0.6) is 0 Å². The van der Waals surface area contributed by atoms with Gasteiger partial charge in [-0.2, -0.15) is 4.98 Å². The average Bonchev–Trinajstić information content (AvgIpc) is 3.03. The summed E-state index contributed by atoms with van der Waals surface area (Å²) in [6.45, 7) is 5.55.